The number of benzene rings is 2. The van der Waals surface area contributed by atoms with Crippen LogP contribution in [0.3, 0.4) is 0 Å². The highest BCUT2D eigenvalue weighted by atomic mass is 35.5. The van der Waals surface area contributed by atoms with Crippen molar-refractivity contribution in [2.24, 2.45) is 0 Å². The van der Waals surface area contributed by atoms with Crippen LogP contribution < -0.4 is 0 Å². The smallest absolute Gasteiger partial charge is 0.410 e. The lowest BCUT2D eigenvalue weighted by Gasteiger charge is -2.42. The first-order chi connectivity index (χ1) is 16.1. The third-order valence-electron chi connectivity index (χ3n) is 6.41. The largest absolute Gasteiger partial charge is 0.444 e. The van der Waals surface area contributed by atoms with E-state index in [1.54, 1.807) is 11.0 Å². The number of carbonyl (C=O) groups excluding carboxylic acids is 1. The summed E-state index contributed by atoms with van der Waals surface area (Å²) in [6, 6.07) is 14.1. The summed E-state index contributed by atoms with van der Waals surface area (Å²) in [4.78, 5) is 14.4. The maximum absolute atomic E-state index is 12.6. The van der Waals surface area contributed by atoms with Crippen molar-refractivity contribution in [3.05, 3.63) is 63.8 Å². The van der Waals surface area contributed by atoms with E-state index in [1.807, 2.05) is 52.0 Å². The fourth-order valence-corrected chi connectivity index (χ4v) is 4.93. The average molecular weight is 504 g/mol. The predicted octanol–water partition coefficient (Wildman–Crippen LogP) is 6.92. The Balaban J connectivity index is 1.53. The Morgan fingerprint density at radius 1 is 1.18 bits per heavy atom. The molecule has 0 aliphatic carbocycles. The highest BCUT2D eigenvalue weighted by Crippen LogP contribution is 2.39. The molecule has 2 heterocycles. The molecular formula is C26H31Cl2N3O3. The molecule has 1 amide bonds. The average Bonchev–Trinajstić information content (AvgIpc) is 3.17. The van der Waals surface area contributed by atoms with E-state index in [9.17, 15) is 4.79 Å². The second kappa shape index (κ2) is 9.76. The van der Waals surface area contributed by atoms with Crippen molar-refractivity contribution in [2.45, 2.75) is 57.7 Å². The number of fused-ring (bicyclic) bond motifs is 1. The van der Waals surface area contributed by atoms with Crippen molar-refractivity contribution in [3.8, 4) is 0 Å². The van der Waals surface area contributed by atoms with Crippen LogP contribution in [0.4, 0.5) is 4.79 Å². The zero-order chi connectivity index (χ0) is 24.5. The maximum Gasteiger partial charge on any atom is 0.410 e. The van der Waals surface area contributed by atoms with Gasteiger partial charge < -0.3 is 14.4 Å². The molecule has 1 N–H and O–H groups in total. The lowest BCUT2D eigenvalue weighted by Crippen LogP contribution is -2.48. The van der Waals surface area contributed by atoms with Crippen LogP contribution in [0.15, 0.2) is 42.5 Å². The minimum Gasteiger partial charge on any atom is -0.444 e. The van der Waals surface area contributed by atoms with Crippen LogP contribution >= 0.6 is 23.2 Å². The highest BCUT2D eigenvalue weighted by molar-refractivity contribution is 6.36. The van der Waals surface area contributed by atoms with Gasteiger partial charge in [0.05, 0.1) is 18.2 Å². The zero-order valence-electron chi connectivity index (χ0n) is 20.0. The number of hydrogen-bond acceptors (Lipinski definition) is 4. The third-order valence-corrected chi connectivity index (χ3v) is 6.92. The molecule has 34 heavy (non-hydrogen) atoms. The van der Waals surface area contributed by atoms with Crippen LogP contribution in [0.1, 0.15) is 57.8 Å². The summed E-state index contributed by atoms with van der Waals surface area (Å²) in [5, 5.41) is 9.00. The molecule has 182 valence electrons. The predicted molar refractivity (Wildman–Crippen MR) is 136 cm³/mol. The van der Waals surface area contributed by atoms with Crippen LogP contribution in [0, 0.1) is 0 Å². The molecule has 3 aromatic rings. The molecule has 1 atom stereocenters. The van der Waals surface area contributed by atoms with Gasteiger partial charge in [-0.2, -0.15) is 5.10 Å². The number of amides is 1. The number of nitrogens with zero attached hydrogens (tertiary/aromatic N) is 2. The Hall–Kier alpha value is -2.28. The van der Waals surface area contributed by atoms with Gasteiger partial charge in [0.25, 0.3) is 0 Å². The second-order valence-corrected chi connectivity index (χ2v) is 10.8. The van der Waals surface area contributed by atoms with E-state index in [0.29, 0.717) is 29.9 Å². The number of nitrogens with one attached hydrogen (secondary N) is 1. The highest BCUT2D eigenvalue weighted by Gasteiger charge is 2.39. The van der Waals surface area contributed by atoms with Crippen molar-refractivity contribution >= 4 is 40.2 Å². The van der Waals surface area contributed by atoms with E-state index >= 15 is 0 Å². The Kier molecular flexibility index (Phi) is 7.13. The van der Waals surface area contributed by atoms with E-state index in [4.69, 9.17) is 32.7 Å². The number of aromatic nitrogens is 2. The van der Waals surface area contributed by atoms with Gasteiger partial charge in [0.2, 0.25) is 0 Å². The summed E-state index contributed by atoms with van der Waals surface area (Å²) in [5.74, 6) is 0. The SMILES string of the molecule is C[C@@H](OCC1(c2ccccc2)CCN(C(=O)OC(C)(C)C)CC1)c1cc(Cl)cc2c(Cl)[nH]nc12. The zero-order valence-corrected chi connectivity index (χ0v) is 21.5. The molecule has 4 rings (SSSR count). The molecule has 1 aliphatic heterocycles. The van der Waals surface area contributed by atoms with Crippen molar-refractivity contribution in [2.75, 3.05) is 19.7 Å². The number of H-pyrrole nitrogens is 1. The molecule has 0 unspecified atom stereocenters. The lowest BCUT2D eigenvalue weighted by atomic mass is 9.73. The summed E-state index contributed by atoms with van der Waals surface area (Å²) in [6.45, 7) is 9.39. The summed E-state index contributed by atoms with van der Waals surface area (Å²) < 4.78 is 12.1. The van der Waals surface area contributed by atoms with Gasteiger partial charge in [0, 0.05) is 34.5 Å². The molecule has 0 radical (unpaired) electrons. The fraction of sp³-hybridized carbons (Fsp3) is 0.462. The number of halogens is 2. The maximum atomic E-state index is 12.6. The van der Waals surface area contributed by atoms with Crippen LogP contribution in [-0.4, -0.2) is 46.5 Å². The molecule has 1 aliphatic rings. The Morgan fingerprint density at radius 2 is 1.85 bits per heavy atom. The number of ether oxygens (including phenoxy) is 2. The van der Waals surface area contributed by atoms with Gasteiger partial charge in [0.1, 0.15) is 10.8 Å². The van der Waals surface area contributed by atoms with E-state index in [-0.39, 0.29) is 17.6 Å². The van der Waals surface area contributed by atoms with Crippen LogP contribution in [-0.2, 0) is 14.9 Å². The van der Waals surface area contributed by atoms with Crippen molar-refractivity contribution < 1.29 is 14.3 Å². The number of aromatic amines is 1. The van der Waals surface area contributed by atoms with Crippen molar-refractivity contribution in [1.29, 1.82) is 0 Å². The van der Waals surface area contributed by atoms with Crippen molar-refractivity contribution in [3.63, 3.8) is 0 Å². The van der Waals surface area contributed by atoms with Gasteiger partial charge >= 0.3 is 6.09 Å². The molecule has 2 aromatic carbocycles. The lowest BCUT2D eigenvalue weighted by molar-refractivity contribution is -0.00932. The molecule has 1 fully saturated rings. The molecule has 8 heteroatoms. The van der Waals surface area contributed by atoms with Crippen molar-refractivity contribution in [1.82, 2.24) is 15.1 Å². The van der Waals surface area contributed by atoms with Gasteiger partial charge in [-0.15, -0.1) is 0 Å². The number of piperidine rings is 1. The Bertz CT molecular complexity index is 1150. The Morgan fingerprint density at radius 3 is 2.50 bits per heavy atom. The van der Waals surface area contributed by atoms with Crippen LogP contribution in [0.2, 0.25) is 10.2 Å². The van der Waals surface area contributed by atoms with E-state index < -0.39 is 5.60 Å². The van der Waals surface area contributed by atoms with Gasteiger partial charge in [-0.25, -0.2) is 4.79 Å². The topological polar surface area (TPSA) is 67.4 Å². The molecule has 0 spiro atoms. The first-order valence-corrected chi connectivity index (χ1v) is 12.3. The summed E-state index contributed by atoms with van der Waals surface area (Å²) in [7, 11) is 0. The number of carbonyl (C=O) groups is 1. The first kappa shape index (κ1) is 24.8. The van der Waals surface area contributed by atoms with E-state index in [1.165, 1.54) is 5.56 Å². The van der Waals surface area contributed by atoms with Crippen LogP contribution in [0.5, 0.6) is 0 Å². The van der Waals surface area contributed by atoms with Gasteiger partial charge in [-0.1, -0.05) is 53.5 Å². The summed E-state index contributed by atoms with van der Waals surface area (Å²) in [5.41, 5.74) is 2.14. The Labute approximate surface area is 210 Å². The second-order valence-electron chi connectivity index (χ2n) is 10.00. The van der Waals surface area contributed by atoms with Gasteiger partial charge in [0.15, 0.2) is 0 Å². The number of rotatable bonds is 5. The molecule has 0 saturated carbocycles. The number of hydrogen-bond donors (Lipinski definition) is 1. The minimum absolute atomic E-state index is 0.213. The van der Waals surface area contributed by atoms with Gasteiger partial charge in [-0.05, 0) is 58.2 Å². The monoisotopic (exact) mass is 503 g/mol. The standard InChI is InChI=1S/C26H31Cl2N3O3/c1-17(20-14-19(27)15-21-22(20)29-30-23(21)28)33-16-26(18-8-6-5-7-9-18)10-12-31(13-11-26)24(32)34-25(2,3)4/h5-9,14-15,17H,10-13,16H2,1-4H3,(H,29,30)/t17-/m1/s1. The molecule has 0 bridgehead atoms. The quantitative estimate of drug-likeness (QED) is 0.410. The van der Waals surface area contributed by atoms with E-state index in [0.717, 1.165) is 29.3 Å². The molecule has 6 nitrogen and oxygen atoms in total. The summed E-state index contributed by atoms with van der Waals surface area (Å²) >= 11 is 12.6. The van der Waals surface area contributed by atoms with Crippen LogP contribution in [0.25, 0.3) is 10.9 Å². The minimum atomic E-state index is -0.513. The fourth-order valence-electron chi connectivity index (χ4n) is 4.51. The molecule has 1 aromatic heterocycles. The molecular weight excluding hydrogens is 473 g/mol. The van der Waals surface area contributed by atoms with Gasteiger partial charge in [-0.3, -0.25) is 5.10 Å². The molecule has 1 saturated heterocycles. The normalized spacial score (nSPS) is 17.1. The van der Waals surface area contributed by atoms with E-state index in [2.05, 4.69) is 22.3 Å². The number of likely N-dealkylation sites (tertiary alicyclic amines) is 1. The first-order valence-electron chi connectivity index (χ1n) is 11.6. The third kappa shape index (κ3) is 5.35. The summed E-state index contributed by atoms with van der Waals surface area (Å²) in [6.07, 6.45) is 1.05.